The molecule has 1 rings (SSSR count). The van der Waals surface area contributed by atoms with Gasteiger partial charge in [0.1, 0.15) is 4.88 Å². The van der Waals surface area contributed by atoms with E-state index in [2.05, 4.69) is 4.98 Å². The van der Waals surface area contributed by atoms with Crippen molar-refractivity contribution in [2.24, 2.45) is 0 Å². The first-order valence-corrected chi connectivity index (χ1v) is 5.09. The Kier molecular flexibility index (Phi) is 3.03. The van der Waals surface area contributed by atoms with E-state index in [4.69, 9.17) is 0 Å². The number of carbonyl (C=O) groups is 1. The molecular weight excluding hydrogens is 184 g/mol. The van der Waals surface area contributed by atoms with Crippen molar-refractivity contribution in [3.63, 3.8) is 0 Å². The van der Waals surface area contributed by atoms with Crippen LogP contribution >= 0.6 is 11.3 Å². The Morgan fingerprint density at radius 2 is 2.23 bits per heavy atom. The van der Waals surface area contributed by atoms with E-state index in [0.717, 1.165) is 10.6 Å². The molecule has 0 N–H and O–H groups in total. The summed E-state index contributed by atoms with van der Waals surface area (Å²) in [4.78, 5) is 18.3. The van der Waals surface area contributed by atoms with Gasteiger partial charge in [0, 0.05) is 13.1 Å². The molecule has 0 aliphatic rings. The summed E-state index contributed by atoms with van der Waals surface area (Å²) in [7, 11) is 1.81. The number of rotatable bonds is 2. The quantitative estimate of drug-likeness (QED) is 0.727. The van der Waals surface area contributed by atoms with E-state index >= 15 is 0 Å². The minimum atomic E-state index is 0.0648. The summed E-state index contributed by atoms with van der Waals surface area (Å²) in [5.74, 6) is 0.0648. The lowest BCUT2D eigenvalue weighted by Gasteiger charge is -2.20. The molecule has 0 bridgehead atoms. The molecule has 72 valence electrons. The van der Waals surface area contributed by atoms with Gasteiger partial charge in [0.2, 0.25) is 0 Å². The van der Waals surface area contributed by atoms with Crippen molar-refractivity contribution in [1.82, 2.24) is 9.88 Å². The zero-order chi connectivity index (χ0) is 10.0. The number of hydrogen-bond acceptors (Lipinski definition) is 3. The minimum absolute atomic E-state index is 0.0648. The SMILES string of the molecule is Cc1ncsc1C(=O)N(C)C(C)C. The molecule has 4 heteroatoms. The van der Waals surface area contributed by atoms with Crippen LogP contribution in [0.5, 0.6) is 0 Å². The predicted molar refractivity (Wildman–Crippen MR) is 54.1 cm³/mol. The van der Waals surface area contributed by atoms with Crippen molar-refractivity contribution < 1.29 is 4.79 Å². The molecular formula is C9H14N2OS. The van der Waals surface area contributed by atoms with Gasteiger partial charge in [-0.2, -0.15) is 0 Å². The van der Waals surface area contributed by atoms with Gasteiger partial charge in [0.15, 0.2) is 0 Å². The summed E-state index contributed by atoms with van der Waals surface area (Å²) >= 11 is 1.40. The van der Waals surface area contributed by atoms with Crippen molar-refractivity contribution in [3.05, 3.63) is 16.1 Å². The Bertz CT molecular complexity index is 306. The van der Waals surface area contributed by atoms with Crippen molar-refractivity contribution in [3.8, 4) is 0 Å². The maximum Gasteiger partial charge on any atom is 0.265 e. The zero-order valence-electron chi connectivity index (χ0n) is 8.37. The predicted octanol–water partition coefficient (Wildman–Crippen LogP) is 1.93. The van der Waals surface area contributed by atoms with E-state index in [9.17, 15) is 4.79 Å². The first-order chi connectivity index (χ1) is 6.04. The number of nitrogens with zero attached hydrogens (tertiary/aromatic N) is 2. The molecule has 0 aliphatic carbocycles. The van der Waals surface area contributed by atoms with Crippen LogP contribution in [0.4, 0.5) is 0 Å². The van der Waals surface area contributed by atoms with Gasteiger partial charge in [-0.15, -0.1) is 11.3 Å². The average Bonchev–Trinajstić information content (AvgIpc) is 2.48. The molecule has 1 amide bonds. The number of aromatic nitrogens is 1. The van der Waals surface area contributed by atoms with E-state index in [1.165, 1.54) is 11.3 Å². The fourth-order valence-corrected chi connectivity index (χ4v) is 1.69. The van der Waals surface area contributed by atoms with Crippen LogP contribution < -0.4 is 0 Å². The molecule has 0 spiro atoms. The Labute approximate surface area is 82.4 Å². The van der Waals surface area contributed by atoms with E-state index < -0.39 is 0 Å². The lowest BCUT2D eigenvalue weighted by Crippen LogP contribution is -2.32. The van der Waals surface area contributed by atoms with E-state index in [0.29, 0.717) is 0 Å². The molecule has 0 fully saturated rings. The standard InChI is InChI=1S/C9H14N2OS/c1-6(2)11(4)9(12)8-7(3)10-5-13-8/h5-6H,1-4H3. The van der Waals surface area contributed by atoms with Crippen molar-refractivity contribution in [2.75, 3.05) is 7.05 Å². The van der Waals surface area contributed by atoms with E-state index in [1.807, 2.05) is 27.8 Å². The highest BCUT2D eigenvalue weighted by Gasteiger charge is 2.17. The topological polar surface area (TPSA) is 33.2 Å². The molecule has 0 aliphatic heterocycles. The second kappa shape index (κ2) is 3.87. The first-order valence-electron chi connectivity index (χ1n) is 4.21. The number of amides is 1. The third kappa shape index (κ3) is 2.06. The third-order valence-electron chi connectivity index (χ3n) is 2.03. The average molecular weight is 198 g/mol. The van der Waals surface area contributed by atoms with Crippen LogP contribution in [0.2, 0.25) is 0 Å². The summed E-state index contributed by atoms with van der Waals surface area (Å²) in [5.41, 5.74) is 2.53. The largest absolute Gasteiger partial charge is 0.339 e. The maximum absolute atomic E-state index is 11.8. The Balaban J connectivity index is 2.86. The molecule has 0 aromatic carbocycles. The molecule has 0 unspecified atom stereocenters. The molecule has 0 saturated heterocycles. The van der Waals surface area contributed by atoms with Crippen LogP contribution in [0.1, 0.15) is 29.2 Å². The maximum atomic E-state index is 11.8. The summed E-state index contributed by atoms with van der Waals surface area (Å²) in [5, 5.41) is 0. The normalized spacial score (nSPS) is 10.5. The Hall–Kier alpha value is -0.900. The van der Waals surface area contributed by atoms with Crippen LogP contribution in [0.25, 0.3) is 0 Å². The van der Waals surface area contributed by atoms with Crippen LogP contribution in [-0.2, 0) is 0 Å². The highest BCUT2D eigenvalue weighted by molar-refractivity contribution is 7.11. The molecule has 0 saturated carbocycles. The number of aryl methyl sites for hydroxylation is 1. The zero-order valence-corrected chi connectivity index (χ0v) is 9.18. The summed E-state index contributed by atoms with van der Waals surface area (Å²) in [6.45, 7) is 5.85. The van der Waals surface area contributed by atoms with Gasteiger partial charge in [-0.05, 0) is 20.8 Å². The van der Waals surface area contributed by atoms with Gasteiger partial charge in [0.05, 0.1) is 11.2 Å². The van der Waals surface area contributed by atoms with Crippen molar-refractivity contribution in [2.45, 2.75) is 26.8 Å². The van der Waals surface area contributed by atoms with Crippen LogP contribution in [0.3, 0.4) is 0 Å². The van der Waals surface area contributed by atoms with Gasteiger partial charge in [-0.3, -0.25) is 4.79 Å². The molecule has 0 radical (unpaired) electrons. The number of hydrogen-bond donors (Lipinski definition) is 0. The second-order valence-electron chi connectivity index (χ2n) is 3.28. The van der Waals surface area contributed by atoms with E-state index in [-0.39, 0.29) is 11.9 Å². The van der Waals surface area contributed by atoms with Gasteiger partial charge < -0.3 is 4.90 Å². The van der Waals surface area contributed by atoms with Gasteiger partial charge >= 0.3 is 0 Å². The van der Waals surface area contributed by atoms with Crippen molar-refractivity contribution in [1.29, 1.82) is 0 Å². The number of carbonyl (C=O) groups excluding carboxylic acids is 1. The monoisotopic (exact) mass is 198 g/mol. The minimum Gasteiger partial charge on any atom is -0.339 e. The lowest BCUT2D eigenvalue weighted by atomic mass is 10.3. The molecule has 13 heavy (non-hydrogen) atoms. The van der Waals surface area contributed by atoms with Gasteiger partial charge in [0.25, 0.3) is 5.91 Å². The molecule has 0 atom stereocenters. The highest BCUT2D eigenvalue weighted by atomic mass is 32.1. The summed E-state index contributed by atoms with van der Waals surface area (Å²) < 4.78 is 0. The van der Waals surface area contributed by atoms with Crippen LogP contribution in [-0.4, -0.2) is 28.9 Å². The molecule has 1 aromatic heterocycles. The fourth-order valence-electron chi connectivity index (χ4n) is 0.902. The van der Waals surface area contributed by atoms with Gasteiger partial charge in [-0.25, -0.2) is 4.98 Å². The number of thiazole rings is 1. The molecule has 3 nitrogen and oxygen atoms in total. The summed E-state index contributed by atoms with van der Waals surface area (Å²) in [6.07, 6.45) is 0. The van der Waals surface area contributed by atoms with E-state index in [1.54, 1.807) is 10.4 Å². The molecule has 1 heterocycles. The summed E-state index contributed by atoms with van der Waals surface area (Å²) in [6, 6.07) is 0.231. The van der Waals surface area contributed by atoms with Gasteiger partial charge in [-0.1, -0.05) is 0 Å². The second-order valence-corrected chi connectivity index (χ2v) is 4.13. The lowest BCUT2D eigenvalue weighted by molar-refractivity contribution is 0.0759. The van der Waals surface area contributed by atoms with Crippen molar-refractivity contribution >= 4 is 17.2 Å². The third-order valence-corrected chi connectivity index (χ3v) is 2.95. The molecule has 1 aromatic rings. The Morgan fingerprint density at radius 3 is 2.62 bits per heavy atom. The van der Waals surface area contributed by atoms with Crippen LogP contribution in [0, 0.1) is 6.92 Å². The fraction of sp³-hybridized carbons (Fsp3) is 0.556. The first kappa shape index (κ1) is 10.2. The smallest absolute Gasteiger partial charge is 0.265 e. The van der Waals surface area contributed by atoms with Crippen LogP contribution in [0.15, 0.2) is 5.51 Å². The Morgan fingerprint density at radius 1 is 1.62 bits per heavy atom. The highest BCUT2D eigenvalue weighted by Crippen LogP contribution is 2.15.